The molecule has 1 aromatic heterocycles. The minimum absolute atomic E-state index is 0.280. The van der Waals surface area contributed by atoms with E-state index in [9.17, 15) is 9.59 Å². The maximum atomic E-state index is 12.3. The van der Waals surface area contributed by atoms with Gasteiger partial charge in [0.25, 0.3) is 11.1 Å². The van der Waals surface area contributed by atoms with E-state index < -0.39 is 0 Å². The lowest BCUT2D eigenvalue weighted by molar-refractivity contribution is 0.802. The van der Waals surface area contributed by atoms with Gasteiger partial charge in [-0.3, -0.25) is 14.7 Å². The number of H-pyrrole nitrogens is 1. The fourth-order valence-electron chi connectivity index (χ4n) is 2.00. The van der Waals surface area contributed by atoms with Crippen molar-refractivity contribution in [3.05, 3.63) is 74.3 Å². The average Bonchev–Trinajstić information content (AvgIpc) is 2.43. The maximum Gasteiger partial charge on any atom is 0.277 e. The molecule has 19 heavy (non-hydrogen) atoms. The molecule has 0 aliphatic rings. The molecule has 94 valence electrons. The first-order valence-corrected chi connectivity index (χ1v) is 6.04. The van der Waals surface area contributed by atoms with E-state index >= 15 is 0 Å². The van der Waals surface area contributed by atoms with Crippen molar-refractivity contribution in [3.8, 4) is 5.69 Å². The number of hydrogen-bond donors (Lipinski definition) is 1. The number of fused-ring (bicyclic) bond motifs is 1. The minimum Gasteiger partial charge on any atom is -0.267 e. The van der Waals surface area contributed by atoms with Gasteiger partial charge in [-0.1, -0.05) is 29.8 Å². The second-order valence-electron chi connectivity index (χ2n) is 4.11. The molecule has 0 aliphatic heterocycles. The number of halogens is 1. The van der Waals surface area contributed by atoms with Gasteiger partial charge in [0.2, 0.25) is 0 Å². The van der Waals surface area contributed by atoms with Crippen LogP contribution in [0.5, 0.6) is 0 Å². The van der Waals surface area contributed by atoms with Crippen LogP contribution >= 0.6 is 11.6 Å². The lowest BCUT2D eigenvalue weighted by Gasteiger charge is -2.07. The van der Waals surface area contributed by atoms with Gasteiger partial charge in [-0.15, -0.1) is 0 Å². The molecule has 0 aliphatic carbocycles. The molecular formula is C14H9ClN2O2. The van der Waals surface area contributed by atoms with Gasteiger partial charge in [0, 0.05) is 5.02 Å². The molecule has 0 bridgehead atoms. The van der Waals surface area contributed by atoms with E-state index in [4.69, 9.17) is 11.6 Å². The second-order valence-corrected chi connectivity index (χ2v) is 4.54. The van der Waals surface area contributed by atoms with Crippen LogP contribution < -0.4 is 11.1 Å². The van der Waals surface area contributed by atoms with Crippen LogP contribution in [0.3, 0.4) is 0 Å². The average molecular weight is 273 g/mol. The molecular weight excluding hydrogens is 264 g/mol. The monoisotopic (exact) mass is 272 g/mol. The molecule has 0 fully saturated rings. The third-order valence-corrected chi connectivity index (χ3v) is 3.12. The van der Waals surface area contributed by atoms with Crippen molar-refractivity contribution in [1.29, 1.82) is 0 Å². The Bertz CT molecular complexity index is 880. The number of nitrogens with zero attached hydrogens (tertiary/aromatic N) is 1. The van der Waals surface area contributed by atoms with Crippen LogP contribution in [-0.4, -0.2) is 9.78 Å². The predicted octanol–water partition coefficient (Wildman–Crippen LogP) is 2.33. The smallest absolute Gasteiger partial charge is 0.267 e. The maximum absolute atomic E-state index is 12.3. The number of rotatable bonds is 1. The summed E-state index contributed by atoms with van der Waals surface area (Å²) in [4.78, 5) is 24.3. The fraction of sp³-hybridized carbons (Fsp3) is 0. The van der Waals surface area contributed by atoms with Gasteiger partial charge in [-0.2, -0.15) is 0 Å². The van der Waals surface area contributed by atoms with Gasteiger partial charge < -0.3 is 0 Å². The molecule has 0 amide bonds. The Balaban J connectivity index is 2.41. The minimum atomic E-state index is -0.310. The van der Waals surface area contributed by atoms with Crippen molar-refractivity contribution in [1.82, 2.24) is 9.78 Å². The second kappa shape index (κ2) is 4.40. The Morgan fingerprint density at radius 1 is 0.947 bits per heavy atom. The molecule has 2 aromatic carbocycles. The largest absolute Gasteiger partial charge is 0.277 e. The first kappa shape index (κ1) is 11.7. The zero-order valence-electron chi connectivity index (χ0n) is 9.76. The highest BCUT2D eigenvalue weighted by molar-refractivity contribution is 6.30. The van der Waals surface area contributed by atoms with Crippen LogP contribution in [0.15, 0.2) is 58.1 Å². The zero-order valence-corrected chi connectivity index (χ0v) is 10.5. The summed E-state index contributed by atoms with van der Waals surface area (Å²) < 4.78 is 1.20. The van der Waals surface area contributed by atoms with Crippen molar-refractivity contribution in [2.24, 2.45) is 0 Å². The molecule has 0 radical (unpaired) electrons. The summed E-state index contributed by atoms with van der Waals surface area (Å²) >= 11 is 5.90. The molecule has 5 heteroatoms. The van der Waals surface area contributed by atoms with Gasteiger partial charge in [0.1, 0.15) is 0 Å². The Morgan fingerprint density at radius 2 is 1.68 bits per heavy atom. The first-order valence-electron chi connectivity index (χ1n) is 5.67. The normalized spacial score (nSPS) is 10.8. The number of benzene rings is 2. The fourth-order valence-corrected chi connectivity index (χ4v) is 2.18. The van der Waals surface area contributed by atoms with E-state index in [-0.39, 0.29) is 11.1 Å². The number of hydrogen-bond acceptors (Lipinski definition) is 2. The van der Waals surface area contributed by atoms with E-state index in [2.05, 4.69) is 5.10 Å². The summed E-state index contributed by atoms with van der Waals surface area (Å²) in [6.07, 6.45) is 0. The zero-order chi connectivity index (χ0) is 13.4. The molecule has 0 spiro atoms. The number of aromatic nitrogens is 2. The molecule has 1 heterocycles. The van der Waals surface area contributed by atoms with E-state index in [1.807, 2.05) is 0 Å². The summed E-state index contributed by atoms with van der Waals surface area (Å²) in [7, 11) is 0. The Kier molecular flexibility index (Phi) is 2.72. The van der Waals surface area contributed by atoms with E-state index in [1.165, 1.54) is 4.68 Å². The molecule has 1 N–H and O–H groups in total. The van der Waals surface area contributed by atoms with Crippen molar-refractivity contribution < 1.29 is 0 Å². The summed E-state index contributed by atoms with van der Waals surface area (Å²) in [6, 6.07) is 13.5. The lowest BCUT2D eigenvalue weighted by atomic mass is 10.2. The lowest BCUT2D eigenvalue weighted by Crippen LogP contribution is -2.28. The van der Waals surface area contributed by atoms with Crippen molar-refractivity contribution in [2.45, 2.75) is 0 Å². The summed E-state index contributed by atoms with van der Waals surface area (Å²) in [5.74, 6) is 0. The summed E-state index contributed by atoms with van der Waals surface area (Å²) in [6.45, 7) is 0. The predicted molar refractivity (Wildman–Crippen MR) is 75.2 cm³/mol. The van der Waals surface area contributed by atoms with Crippen molar-refractivity contribution >= 4 is 22.4 Å². The van der Waals surface area contributed by atoms with Crippen LogP contribution in [0, 0.1) is 0 Å². The Labute approximate surface area is 112 Å². The topological polar surface area (TPSA) is 54.9 Å². The Hall–Kier alpha value is -2.33. The molecule has 4 nitrogen and oxygen atoms in total. The highest BCUT2D eigenvalue weighted by Crippen LogP contribution is 2.13. The van der Waals surface area contributed by atoms with E-state index in [0.717, 1.165) is 0 Å². The molecule has 0 saturated heterocycles. The van der Waals surface area contributed by atoms with Gasteiger partial charge in [0.15, 0.2) is 0 Å². The number of nitrogens with one attached hydrogen (secondary N) is 1. The summed E-state index contributed by atoms with van der Waals surface area (Å²) in [5, 5.41) is 3.81. The molecule has 0 atom stereocenters. The third-order valence-electron chi connectivity index (χ3n) is 2.88. The quantitative estimate of drug-likeness (QED) is 0.739. The molecule has 3 aromatic rings. The van der Waals surface area contributed by atoms with Gasteiger partial charge in [-0.05, 0) is 30.3 Å². The highest BCUT2D eigenvalue weighted by Gasteiger charge is 2.07. The van der Waals surface area contributed by atoms with Crippen LogP contribution in [0.2, 0.25) is 5.02 Å². The standard InChI is InChI=1S/C14H9ClN2O2/c15-9-4-3-5-10(8-9)17-14(19)12-7-2-1-6-11(12)13(18)16-17/h1-8H,(H,16,18). The van der Waals surface area contributed by atoms with E-state index in [1.54, 1.807) is 48.5 Å². The SMILES string of the molecule is O=c1[nH]n(-c2cccc(Cl)c2)c(=O)c2ccccc12. The van der Waals surface area contributed by atoms with E-state index in [0.29, 0.717) is 21.5 Å². The van der Waals surface area contributed by atoms with Crippen LogP contribution in [0.25, 0.3) is 16.5 Å². The van der Waals surface area contributed by atoms with Crippen molar-refractivity contribution in [2.75, 3.05) is 0 Å². The van der Waals surface area contributed by atoms with Crippen LogP contribution in [0.1, 0.15) is 0 Å². The van der Waals surface area contributed by atoms with Crippen molar-refractivity contribution in [3.63, 3.8) is 0 Å². The van der Waals surface area contributed by atoms with Gasteiger partial charge >= 0.3 is 0 Å². The molecule has 0 saturated carbocycles. The number of aromatic amines is 1. The molecule has 0 unspecified atom stereocenters. The summed E-state index contributed by atoms with van der Waals surface area (Å²) in [5.41, 5.74) is -0.0620. The first-order chi connectivity index (χ1) is 9.16. The van der Waals surface area contributed by atoms with Crippen LogP contribution in [-0.2, 0) is 0 Å². The Morgan fingerprint density at radius 3 is 2.42 bits per heavy atom. The van der Waals surface area contributed by atoms with Gasteiger partial charge in [0.05, 0.1) is 16.5 Å². The highest BCUT2D eigenvalue weighted by atomic mass is 35.5. The van der Waals surface area contributed by atoms with Gasteiger partial charge in [-0.25, -0.2) is 4.68 Å². The third kappa shape index (κ3) is 1.96. The molecule has 3 rings (SSSR count). The van der Waals surface area contributed by atoms with Crippen LogP contribution in [0.4, 0.5) is 0 Å².